The van der Waals surface area contributed by atoms with Crippen LogP contribution in [0.5, 0.6) is 0 Å². The Morgan fingerprint density at radius 2 is 1.92 bits per heavy atom. The van der Waals surface area contributed by atoms with Gasteiger partial charge in [-0.15, -0.1) is 11.6 Å². The van der Waals surface area contributed by atoms with Crippen LogP contribution in [0.1, 0.15) is 34.1 Å². The molecule has 1 saturated carbocycles. The van der Waals surface area contributed by atoms with Crippen LogP contribution < -0.4 is 0 Å². The molecule has 0 aromatic rings. The van der Waals surface area contributed by atoms with Gasteiger partial charge >= 0.3 is 0 Å². The second-order valence-electron chi connectivity index (χ2n) is 4.83. The maximum absolute atomic E-state index is 5.94. The van der Waals surface area contributed by atoms with Crippen molar-refractivity contribution < 1.29 is 4.74 Å². The molecule has 0 spiro atoms. The highest BCUT2D eigenvalue weighted by molar-refractivity contribution is 6.18. The van der Waals surface area contributed by atoms with E-state index >= 15 is 0 Å². The molecule has 2 heteroatoms. The van der Waals surface area contributed by atoms with Crippen molar-refractivity contribution in [1.29, 1.82) is 0 Å². The Balaban J connectivity index is 2.40. The Kier molecular flexibility index (Phi) is 2.75. The molecule has 0 radical (unpaired) electrons. The molecule has 1 atom stereocenters. The second kappa shape index (κ2) is 3.19. The molecule has 72 valence electrons. The van der Waals surface area contributed by atoms with Crippen LogP contribution in [0.3, 0.4) is 0 Å². The van der Waals surface area contributed by atoms with E-state index in [9.17, 15) is 0 Å². The third-order valence-electron chi connectivity index (χ3n) is 3.04. The van der Waals surface area contributed by atoms with E-state index in [-0.39, 0.29) is 5.41 Å². The average Bonchev–Trinajstić information content (AvgIpc) is 2.51. The Bertz CT molecular complexity index is 165. The maximum Gasteiger partial charge on any atom is 0.0542 e. The summed E-state index contributed by atoms with van der Waals surface area (Å²) in [5, 5.41) is 0. The first-order chi connectivity index (χ1) is 5.43. The smallest absolute Gasteiger partial charge is 0.0542 e. The van der Waals surface area contributed by atoms with Gasteiger partial charge < -0.3 is 4.74 Å². The van der Waals surface area contributed by atoms with Crippen LogP contribution in [0.4, 0.5) is 0 Å². The minimum atomic E-state index is 0.263. The molecular formula is C10H19ClO. The molecule has 1 aliphatic rings. The summed E-state index contributed by atoms with van der Waals surface area (Å²) in [4.78, 5) is 0. The van der Waals surface area contributed by atoms with E-state index in [1.165, 1.54) is 6.42 Å². The maximum atomic E-state index is 5.94. The topological polar surface area (TPSA) is 9.23 Å². The van der Waals surface area contributed by atoms with Gasteiger partial charge in [0.25, 0.3) is 0 Å². The molecule has 1 aliphatic carbocycles. The number of alkyl halides is 1. The van der Waals surface area contributed by atoms with Gasteiger partial charge in [-0.2, -0.15) is 0 Å². The van der Waals surface area contributed by atoms with E-state index in [0.29, 0.717) is 11.5 Å². The molecule has 0 aromatic heterocycles. The molecular weight excluding hydrogens is 172 g/mol. The van der Waals surface area contributed by atoms with Gasteiger partial charge in [0.05, 0.1) is 12.7 Å². The van der Waals surface area contributed by atoms with E-state index in [1.54, 1.807) is 0 Å². The van der Waals surface area contributed by atoms with Crippen molar-refractivity contribution in [3.05, 3.63) is 0 Å². The summed E-state index contributed by atoms with van der Waals surface area (Å²) in [7, 11) is 0. The Hall–Kier alpha value is 0.250. The lowest BCUT2D eigenvalue weighted by Gasteiger charge is -2.19. The van der Waals surface area contributed by atoms with Gasteiger partial charge in [-0.3, -0.25) is 0 Å². The van der Waals surface area contributed by atoms with Gasteiger partial charge in [-0.05, 0) is 25.7 Å². The molecule has 0 saturated heterocycles. The third-order valence-corrected chi connectivity index (χ3v) is 3.55. The molecule has 0 N–H and O–H groups in total. The number of hydrogen-bond acceptors (Lipinski definition) is 1. The minimum absolute atomic E-state index is 0.263. The zero-order chi connectivity index (χ0) is 9.41. The fourth-order valence-electron chi connectivity index (χ4n) is 1.64. The van der Waals surface area contributed by atoms with E-state index in [2.05, 4.69) is 27.7 Å². The van der Waals surface area contributed by atoms with Gasteiger partial charge in [0.15, 0.2) is 0 Å². The van der Waals surface area contributed by atoms with E-state index in [4.69, 9.17) is 16.3 Å². The van der Waals surface area contributed by atoms with Crippen molar-refractivity contribution in [2.75, 3.05) is 12.5 Å². The second-order valence-corrected chi connectivity index (χ2v) is 5.10. The minimum Gasteiger partial charge on any atom is -0.378 e. The van der Waals surface area contributed by atoms with Crippen molar-refractivity contribution in [3.63, 3.8) is 0 Å². The molecule has 1 unspecified atom stereocenters. The van der Waals surface area contributed by atoms with Gasteiger partial charge in [0.1, 0.15) is 0 Å². The SMILES string of the molecule is CC(C)OCC1(CCl)CC1(C)C. The first-order valence-electron chi connectivity index (χ1n) is 4.61. The lowest BCUT2D eigenvalue weighted by Crippen LogP contribution is -2.21. The van der Waals surface area contributed by atoms with Crippen LogP contribution in [0, 0.1) is 10.8 Å². The fourth-order valence-corrected chi connectivity index (χ4v) is 2.17. The van der Waals surface area contributed by atoms with Crippen molar-refractivity contribution in [1.82, 2.24) is 0 Å². The van der Waals surface area contributed by atoms with Crippen molar-refractivity contribution >= 4 is 11.6 Å². The summed E-state index contributed by atoms with van der Waals surface area (Å²) in [5.41, 5.74) is 0.655. The summed E-state index contributed by atoms with van der Waals surface area (Å²) in [5.74, 6) is 0.729. The van der Waals surface area contributed by atoms with Gasteiger partial charge in [0, 0.05) is 11.3 Å². The standard InChI is InChI=1S/C10H19ClO/c1-8(2)12-7-10(6-11)5-9(10,3)4/h8H,5-7H2,1-4H3. The molecule has 1 fully saturated rings. The molecule has 0 aromatic carbocycles. The normalized spacial score (nSPS) is 32.5. The first-order valence-corrected chi connectivity index (χ1v) is 5.15. The van der Waals surface area contributed by atoms with Crippen molar-refractivity contribution in [3.8, 4) is 0 Å². The van der Waals surface area contributed by atoms with E-state index < -0.39 is 0 Å². The van der Waals surface area contributed by atoms with Crippen LogP contribution in [-0.4, -0.2) is 18.6 Å². The Labute approximate surface area is 80.4 Å². The molecule has 12 heavy (non-hydrogen) atoms. The number of ether oxygens (including phenoxy) is 1. The third kappa shape index (κ3) is 1.77. The van der Waals surface area contributed by atoms with Crippen LogP contribution in [0.2, 0.25) is 0 Å². The quantitative estimate of drug-likeness (QED) is 0.620. The first kappa shape index (κ1) is 10.3. The highest BCUT2D eigenvalue weighted by atomic mass is 35.5. The van der Waals surface area contributed by atoms with Crippen LogP contribution in [-0.2, 0) is 4.74 Å². The summed E-state index contributed by atoms with van der Waals surface area (Å²) in [6.07, 6.45) is 1.53. The summed E-state index contributed by atoms with van der Waals surface area (Å²) < 4.78 is 5.61. The molecule has 0 bridgehead atoms. The zero-order valence-electron chi connectivity index (χ0n) is 8.48. The highest BCUT2D eigenvalue weighted by Gasteiger charge is 2.60. The monoisotopic (exact) mass is 190 g/mol. The van der Waals surface area contributed by atoms with Crippen LogP contribution in [0.25, 0.3) is 0 Å². The van der Waals surface area contributed by atoms with Gasteiger partial charge in [0.2, 0.25) is 0 Å². The Morgan fingerprint density at radius 3 is 2.17 bits per heavy atom. The van der Waals surface area contributed by atoms with Crippen molar-refractivity contribution in [2.45, 2.75) is 40.2 Å². The van der Waals surface area contributed by atoms with Crippen molar-refractivity contribution in [2.24, 2.45) is 10.8 Å². The number of halogens is 1. The van der Waals surface area contributed by atoms with Crippen LogP contribution >= 0.6 is 11.6 Å². The summed E-state index contributed by atoms with van der Waals surface area (Å²) in [6.45, 7) is 9.48. The van der Waals surface area contributed by atoms with Gasteiger partial charge in [-0.25, -0.2) is 0 Å². The van der Waals surface area contributed by atoms with Gasteiger partial charge in [-0.1, -0.05) is 13.8 Å². The number of rotatable bonds is 4. The molecule has 1 rings (SSSR count). The lowest BCUT2D eigenvalue weighted by atomic mass is 9.99. The average molecular weight is 191 g/mol. The zero-order valence-corrected chi connectivity index (χ0v) is 9.24. The molecule has 0 amide bonds. The van der Waals surface area contributed by atoms with E-state index in [0.717, 1.165) is 12.5 Å². The molecule has 0 aliphatic heterocycles. The highest BCUT2D eigenvalue weighted by Crippen LogP contribution is 2.64. The fraction of sp³-hybridized carbons (Fsp3) is 1.00. The predicted molar refractivity (Wildman–Crippen MR) is 52.6 cm³/mol. The predicted octanol–water partition coefficient (Wildman–Crippen LogP) is 3.07. The Morgan fingerprint density at radius 1 is 1.42 bits per heavy atom. The molecule has 1 nitrogen and oxygen atoms in total. The van der Waals surface area contributed by atoms with E-state index in [1.807, 2.05) is 0 Å². The molecule has 0 heterocycles. The summed E-state index contributed by atoms with van der Waals surface area (Å²) >= 11 is 5.94. The largest absolute Gasteiger partial charge is 0.378 e. The summed E-state index contributed by atoms with van der Waals surface area (Å²) in [6, 6.07) is 0. The number of hydrogen-bond donors (Lipinski definition) is 0. The van der Waals surface area contributed by atoms with Crippen LogP contribution in [0.15, 0.2) is 0 Å². The lowest BCUT2D eigenvalue weighted by molar-refractivity contribution is 0.0395.